The van der Waals surface area contributed by atoms with Gasteiger partial charge in [-0.1, -0.05) is 30.3 Å². The molecular formula is C22H26N6OS. The average molecular weight is 423 g/mol. The quantitative estimate of drug-likeness (QED) is 0.700. The van der Waals surface area contributed by atoms with Crippen LogP contribution in [0.1, 0.15) is 36.3 Å². The molecule has 30 heavy (non-hydrogen) atoms. The molecule has 0 bridgehead atoms. The Balaban J connectivity index is 1.36. The molecule has 0 spiro atoms. The molecular weight excluding hydrogens is 396 g/mol. The SMILES string of the molecule is CNc1nc(C2(c3ccccc3)CCN(C(=O)C3CCc4ncnn4C3)CC2)cs1. The summed E-state index contributed by atoms with van der Waals surface area (Å²) in [4.78, 5) is 24.5. The number of aromatic nitrogens is 4. The first kappa shape index (κ1) is 19.2. The molecule has 7 nitrogen and oxygen atoms in total. The molecule has 156 valence electrons. The molecule has 0 saturated carbocycles. The van der Waals surface area contributed by atoms with Crippen LogP contribution >= 0.6 is 11.3 Å². The van der Waals surface area contributed by atoms with Crippen molar-refractivity contribution in [2.45, 2.75) is 37.6 Å². The van der Waals surface area contributed by atoms with E-state index in [1.165, 1.54) is 5.56 Å². The fourth-order valence-electron chi connectivity index (χ4n) is 4.86. The average Bonchev–Trinajstić information content (AvgIpc) is 3.48. The Labute approximate surface area is 180 Å². The van der Waals surface area contributed by atoms with Crippen molar-refractivity contribution in [3.05, 3.63) is 59.1 Å². The molecule has 1 fully saturated rings. The minimum Gasteiger partial charge on any atom is -0.365 e. The van der Waals surface area contributed by atoms with Gasteiger partial charge in [0.2, 0.25) is 5.91 Å². The number of rotatable bonds is 4. The molecule has 1 unspecified atom stereocenters. The van der Waals surface area contributed by atoms with Crippen LogP contribution in [0.4, 0.5) is 5.13 Å². The summed E-state index contributed by atoms with van der Waals surface area (Å²) in [5.41, 5.74) is 2.25. The Hall–Kier alpha value is -2.74. The van der Waals surface area contributed by atoms with E-state index < -0.39 is 0 Å². The standard InChI is InChI=1S/C22H26N6OS/c1-23-21-26-18(14-30-21)22(17-5-3-2-4-6-17)9-11-27(12-10-22)20(29)16-7-8-19-24-15-25-28(19)13-16/h2-6,14-16H,7-13H2,1H3,(H,23,26). The number of fused-ring (bicyclic) bond motifs is 1. The van der Waals surface area contributed by atoms with Crippen molar-refractivity contribution >= 4 is 22.4 Å². The number of carbonyl (C=O) groups excluding carboxylic acids is 1. The first-order valence-electron chi connectivity index (χ1n) is 10.5. The lowest BCUT2D eigenvalue weighted by atomic mass is 9.70. The van der Waals surface area contributed by atoms with Crippen LogP contribution in [0.15, 0.2) is 42.0 Å². The summed E-state index contributed by atoms with van der Waals surface area (Å²) >= 11 is 1.64. The normalized spacial score (nSPS) is 20.6. The van der Waals surface area contributed by atoms with E-state index in [1.807, 2.05) is 11.7 Å². The molecule has 1 aromatic carbocycles. The van der Waals surface area contributed by atoms with E-state index in [2.05, 4.69) is 56.0 Å². The second-order valence-corrected chi connectivity index (χ2v) is 9.01. The lowest BCUT2D eigenvalue weighted by Crippen LogP contribution is -2.48. The maximum atomic E-state index is 13.3. The van der Waals surface area contributed by atoms with Gasteiger partial charge >= 0.3 is 0 Å². The predicted octanol–water partition coefficient (Wildman–Crippen LogP) is 2.95. The third-order valence-electron chi connectivity index (χ3n) is 6.62. The van der Waals surface area contributed by atoms with Crippen LogP contribution in [0, 0.1) is 5.92 Å². The molecule has 2 aromatic heterocycles. The molecule has 0 aliphatic carbocycles. The summed E-state index contributed by atoms with van der Waals surface area (Å²) in [6, 6.07) is 10.6. The number of carbonyl (C=O) groups is 1. The number of nitrogens with zero attached hydrogens (tertiary/aromatic N) is 5. The molecule has 1 N–H and O–H groups in total. The molecule has 5 rings (SSSR count). The van der Waals surface area contributed by atoms with Crippen molar-refractivity contribution in [1.29, 1.82) is 0 Å². The van der Waals surface area contributed by atoms with Gasteiger partial charge in [0.25, 0.3) is 0 Å². The second-order valence-electron chi connectivity index (χ2n) is 8.16. The van der Waals surface area contributed by atoms with Crippen LogP contribution in [0.5, 0.6) is 0 Å². The number of likely N-dealkylation sites (tertiary alicyclic amines) is 1. The molecule has 1 atom stereocenters. The van der Waals surface area contributed by atoms with Gasteiger partial charge in [0, 0.05) is 37.4 Å². The van der Waals surface area contributed by atoms with Crippen LogP contribution in [-0.2, 0) is 23.2 Å². The summed E-state index contributed by atoms with van der Waals surface area (Å²) in [5.74, 6) is 1.25. The second kappa shape index (κ2) is 7.83. The van der Waals surface area contributed by atoms with Gasteiger partial charge in [-0.05, 0) is 24.8 Å². The molecule has 1 saturated heterocycles. The number of anilines is 1. The zero-order valence-corrected chi connectivity index (χ0v) is 17.9. The largest absolute Gasteiger partial charge is 0.365 e. The predicted molar refractivity (Wildman–Crippen MR) is 117 cm³/mol. The van der Waals surface area contributed by atoms with Crippen molar-refractivity contribution < 1.29 is 4.79 Å². The van der Waals surface area contributed by atoms with E-state index in [0.29, 0.717) is 6.54 Å². The molecule has 8 heteroatoms. The summed E-state index contributed by atoms with van der Waals surface area (Å²) in [7, 11) is 1.91. The maximum absolute atomic E-state index is 13.3. The van der Waals surface area contributed by atoms with Gasteiger partial charge in [0.05, 0.1) is 18.2 Å². The fraction of sp³-hybridized carbons (Fsp3) is 0.455. The van der Waals surface area contributed by atoms with Crippen LogP contribution in [0.2, 0.25) is 0 Å². The van der Waals surface area contributed by atoms with Crippen molar-refractivity contribution in [2.24, 2.45) is 5.92 Å². The van der Waals surface area contributed by atoms with Gasteiger partial charge in [-0.25, -0.2) is 14.6 Å². The van der Waals surface area contributed by atoms with E-state index in [1.54, 1.807) is 17.7 Å². The third-order valence-corrected chi connectivity index (χ3v) is 7.48. The van der Waals surface area contributed by atoms with Crippen LogP contribution in [0.3, 0.4) is 0 Å². The first-order chi connectivity index (χ1) is 14.7. The minimum absolute atomic E-state index is 0.00130. The number of benzene rings is 1. The van der Waals surface area contributed by atoms with Crippen molar-refractivity contribution in [3.63, 3.8) is 0 Å². The third kappa shape index (κ3) is 3.29. The first-order valence-corrected chi connectivity index (χ1v) is 11.4. The number of piperidine rings is 1. The summed E-state index contributed by atoms with van der Waals surface area (Å²) in [5, 5.41) is 10.5. The van der Waals surface area contributed by atoms with Gasteiger partial charge < -0.3 is 10.2 Å². The number of aryl methyl sites for hydroxylation is 1. The topological polar surface area (TPSA) is 75.9 Å². The lowest BCUT2D eigenvalue weighted by Gasteiger charge is -2.42. The Morgan fingerprint density at radius 3 is 2.77 bits per heavy atom. The highest BCUT2D eigenvalue weighted by atomic mass is 32.1. The number of thiazole rings is 1. The Morgan fingerprint density at radius 1 is 1.23 bits per heavy atom. The zero-order valence-electron chi connectivity index (χ0n) is 17.1. The van der Waals surface area contributed by atoms with E-state index in [9.17, 15) is 4.79 Å². The fourth-order valence-corrected chi connectivity index (χ4v) is 5.63. The summed E-state index contributed by atoms with van der Waals surface area (Å²) in [6.45, 7) is 2.15. The van der Waals surface area contributed by atoms with Crippen molar-refractivity contribution in [2.75, 3.05) is 25.5 Å². The smallest absolute Gasteiger partial charge is 0.227 e. The molecule has 4 heterocycles. The van der Waals surface area contributed by atoms with Gasteiger partial charge in [-0.2, -0.15) is 5.10 Å². The van der Waals surface area contributed by atoms with Crippen LogP contribution in [0.25, 0.3) is 0 Å². The molecule has 2 aliphatic heterocycles. The van der Waals surface area contributed by atoms with E-state index in [4.69, 9.17) is 4.98 Å². The summed E-state index contributed by atoms with van der Waals surface area (Å²) in [6.07, 6.45) is 5.04. The molecule has 0 radical (unpaired) electrons. The van der Waals surface area contributed by atoms with Crippen LogP contribution in [-0.4, -0.2) is 50.7 Å². The lowest BCUT2D eigenvalue weighted by molar-refractivity contribution is -0.138. The highest BCUT2D eigenvalue weighted by molar-refractivity contribution is 7.13. The van der Waals surface area contributed by atoms with Gasteiger partial charge in [0.1, 0.15) is 12.2 Å². The van der Waals surface area contributed by atoms with Crippen molar-refractivity contribution in [1.82, 2.24) is 24.6 Å². The van der Waals surface area contributed by atoms with Gasteiger partial charge in [-0.3, -0.25) is 4.79 Å². The van der Waals surface area contributed by atoms with E-state index in [-0.39, 0.29) is 17.2 Å². The summed E-state index contributed by atoms with van der Waals surface area (Å²) < 4.78 is 1.89. The Bertz CT molecular complexity index is 1020. The minimum atomic E-state index is -0.144. The van der Waals surface area contributed by atoms with E-state index in [0.717, 1.165) is 55.4 Å². The Kier molecular flexibility index (Phi) is 5.02. The highest BCUT2D eigenvalue weighted by Gasteiger charge is 2.42. The number of amides is 1. The molecule has 3 aromatic rings. The number of nitrogens with one attached hydrogen (secondary N) is 1. The molecule has 1 amide bonds. The Morgan fingerprint density at radius 2 is 2.03 bits per heavy atom. The molecule has 2 aliphatic rings. The van der Waals surface area contributed by atoms with Gasteiger partial charge in [0.15, 0.2) is 5.13 Å². The van der Waals surface area contributed by atoms with E-state index >= 15 is 0 Å². The number of hydrogen-bond acceptors (Lipinski definition) is 6. The van der Waals surface area contributed by atoms with Crippen molar-refractivity contribution in [3.8, 4) is 0 Å². The monoisotopic (exact) mass is 422 g/mol. The number of hydrogen-bond donors (Lipinski definition) is 1. The van der Waals surface area contributed by atoms with Crippen LogP contribution < -0.4 is 5.32 Å². The zero-order chi connectivity index (χ0) is 20.6. The van der Waals surface area contributed by atoms with Gasteiger partial charge in [-0.15, -0.1) is 11.3 Å². The maximum Gasteiger partial charge on any atom is 0.227 e. The highest BCUT2D eigenvalue weighted by Crippen LogP contribution is 2.43.